The number of ether oxygens (including phenoxy) is 2. The maximum Gasteiger partial charge on any atom is 0.171 e. The summed E-state index contributed by atoms with van der Waals surface area (Å²) in [6.45, 7) is 3.09. The maximum absolute atomic E-state index is 13.7. The molecular weight excluding hydrogens is 393 g/mol. The quantitative estimate of drug-likeness (QED) is 0.523. The van der Waals surface area contributed by atoms with Crippen molar-refractivity contribution in [1.29, 1.82) is 0 Å². The molecule has 0 radical (unpaired) electrons. The molecule has 2 aromatic carbocycles. The largest absolute Gasteiger partial charge is 0.486 e. The van der Waals surface area contributed by atoms with Crippen molar-refractivity contribution in [3.63, 3.8) is 0 Å². The minimum atomic E-state index is -0.205. The van der Waals surface area contributed by atoms with E-state index in [0.717, 1.165) is 64.9 Å². The first-order valence-corrected chi connectivity index (χ1v) is 10.6. The van der Waals surface area contributed by atoms with Crippen LogP contribution in [0.25, 0.3) is 27.4 Å². The Balaban J connectivity index is 1.17. The molecule has 0 amide bonds. The summed E-state index contributed by atoms with van der Waals surface area (Å²) in [7, 11) is 0. The van der Waals surface area contributed by atoms with E-state index in [9.17, 15) is 4.39 Å². The second-order valence-corrected chi connectivity index (χ2v) is 8.14. The number of halogens is 1. The molecule has 1 unspecified atom stereocenters. The van der Waals surface area contributed by atoms with Crippen LogP contribution in [0.15, 0.2) is 60.9 Å². The van der Waals surface area contributed by atoms with Crippen molar-refractivity contribution >= 4 is 27.4 Å². The molecule has 1 N–H and O–H groups in total. The number of benzene rings is 2. The molecule has 5 nitrogen and oxygen atoms in total. The minimum Gasteiger partial charge on any atom is -0.486 e. The fourth-order valence-electron chi connectivity index (χ4n) is 4.58. The van der Waals surface area contributed by atoms with Gasteiger partial charge in [-0.1, -0.05) is 6.08 Å². The minimum absolute atomic E-state index is 0.0320. The van der Waals surface area contributed by atoms with Crippen molar-refractivity contribution in [3.8, 4) is 11.5 Å². The maximum atomic E-state index is 13.7. The van der Waals surface area contributed by atoms with Crippen LogP contribution in [0.1, 0.15) is 12.0 Å². The van der Waals surface area contributed by atoms with Crippen LogP contribution in [0.3, 0.4) is 0 Å². The van der Waals surface area contributed by atoms with Crippen LogP contribution in [-0.2, 0) is 0 Å². The van der Waals surface area contributed by atoms with Gasteiger partial charge in [0.2, 0.25) is 0 Å². The summed E-state index contributed by atoms with van der Waals surface area (Å²) in [6.07, 6.45) is 6.90. The van der Waals surface area contributed by atoms with Gasteiger partial charge in [-0.15, -0.1) is 0 Å². The Morgan fingerprint density at radius 1 is 1.16 bits per heavy atom. The number of nitrogens with one attached hydrogen (secondary N) is 1. The van der Waals surface area contributed by atoms with E-state index in [-0.39, 0.29) is 11.9 Å². The van der Waals surface area contributed by atoms with Gasteiger partial charge in [0, 0.05) is 53.9 Å². The average molecular weight is 415 g/mol. The van der Waals surface area contributed by atoms with Crippen molar-refractivity contribution in [2.75, 3.05) is 26.2 Å². The van der Waals surface area contributed by atoms with Crippen LogP contribution in [0.4, 0.5) is 4.39 Å². The summed E-state index contributed by atoms with van der Waals surface area (Å²) in [4.78, 5) is 10.0. The number of hydrogen-bond acceptors (Lipinski definition) is 4. The Hall–Kier alpha value is -3.38. The number of aromatic nitrogens is 2. The van der Waals surface area contributed by atoms with Gasteiger partial charge in [0.15, 0.2) is 11.5 Å². The zero-order valence-electron chi connectivity index (χ0n) is 17.0. The predicted octanol–water partition coefficient (Wildman–Crippen LogP) is 4.78. The number of fused-ring (bicyclic) bond motifs is 4. The van der Waals surface area contributed by atoms with Gasteiger partial charge in [-0.05, 0) is 54.5 Å². The summed E-state index contributed by atoms with van der Waals surface area (Å²) in [6, 6.07) is 12.7. The summed E-state index contributed by atoms with van der Waals surface area (Å²) < 4.78 is 26.1. The van der Waals surface area contributed by atoms with E-state index >= 15 is 0 Å². The van der Waals surface area contributed by atoms with Crippen molar-refractivity contribution in [2.24, 2.45) is 0 Å². The zero-order chi connectivity index (χ0) is 20.8. The summed E-state index contributed by atoms with van der Waals surface area (Å²) in [5.41, 5.74) is 4.23. The molecule has 0 saturated carbocycles. The molecule has 0 fully saturated rings. The molecule has 4 heterocycles. The zero-order valence-corrected chi connectivity index (χ0v) is 17.0. The monoisotopic (exact) mass is 415 g/mol. The third-order valence-electron chi connectivity index (χ3n) is 6.15. The second-order valence-electron chi connectivity index (χ2n) is 8.14. The number of aromatic amines is 1. The predicted molar refractivity (Wildman–Crippen MR) is 119 cm³/mol. The normalized spacial score (nSPS) is 19.0. The van der Waals surface area contributed by atoms with E-state index in [0.29, 0.717) is 6.61 Å². The van der Waals surface area contributed by atoms with Gasteiger partial charge >= 0.3 is 0 Å². The van der Waals surface area contributed by atoms with E-state index in [1.54, 1.807) is 18.3 Å². The lowest BCUT2D eigenvalue weighted by atomic mass is 9.98. The van der Waals surface area contributed by atoms with Gasteiger partial charge < -0.3 is 14.5 Å². The van der Waals surface area contributed by atoms with Crippen molar-refractivity contribution in [1.82, 2.24) is 14.9 Å². The van der Waals surface area contributed by atoms with Crippen molar-refractivity contribution in [2.45, 2.75) is 12.5 Å². The van der Waals surface area contributed by atoms with E-state index < -0.39 is 0 Å². The average Bonchev–Trinajstić information content (AvgIpc) is 3.22. The molecule has 6 rings (SSSR count). The third-order valence-corrected chi connectivity index (χ3v) is 6.15. The molecule has 4 aromatic rings. The van der Waals surface area contributed by atoms with Crippen molar-refractivity contribution < 1.29 is 13.9 Å². The SMILES string of the molecule is Fc1ccc2[nH]cc(C3=CCN(CC4COc5ccc6ncccc6c5O4)CC3)c2c1. The molecular formula is C25H22FN3O2. The van der Waals surface area contributed by atoms with Gasteiger partial charge in [-0.3, -0.25) is 9.88 Å². The van der Waals surface area contributed by atoms with Crippen LogP contribution in [0.2, 0.25) is 0 Å². The summed E-state index contributed by atoms with van der Waals surface area (Å²) in [5, 5.41) is 1.93. The number of rotatable bonds is 3. The summed E-state index contributed by atoms with van der Waals surface area (Å²) in [5.74, 6) is 1.36. The first-order chi connectivity index (χ1) is 15.2. The van der Waals surface area contributed by atoms with E-state index in [2.05, 4.69) is 20.9 Å². The Kier molecular flexibility index (Phi) is 4.39. The molecule has 0 saturated heterocycles. The third kappa shape index (κ3) is 3.33. The highest BCUT2D eigenvalue weighted by Gasteiger charge is 2.26. The summed E-state index contributed by atoms with van der Waals surface area (Å²) >= 11 is 0. The first-order valence-electron chi connectivity index (χ1n) is 10.6. The van der Waals surface area contributed by atoms with Crippen LogP contribution < -0.4 is 9.47 Å². The van der Waals surface area contributed by atoms with Crippen LogP contribution in [0, 0.1) is 5.82 Å². The van der Waals surface area contributed by atoms with Gasteiger partial charge in [-0.25, -0.2) is 4.39 Å². The van der Waals surface area contributed by atoms with Crippen LogP contribution in [-0.4, -0.2) is 47.2 Å². The highest BCUT2D eigenvalue weighted by molar-refractivity contribution is 5.93. The van der Waals surface area contributed by atoms with Crippen molar-refractivity contribution in [3.05, 3.63) is 72.3 Å². The fourth-order valence-corrected chi connectivity index (χ4v) is 4.58. The van der Waals surface area contributed by atoms with E-state index in [4.69, 9.17) is 9.47 Å². The molecule has 2 aliphatic rings. The Bertz CT molecular complexity index is 1310. The van der Waals surface area contributed by atoms with Gasteiger partial charge in [-0.2, -0.15) is 0 Å². The van der Waals surface area contributed by atoms with Crippen LogP contribution >= 0.6 is 0 Å². The standard InChI is InChI=1S/C25H22FN3O2/c26-17-3-4-23-20(12-17)21(13-28-23)16-7-10-29(11-8-16)14-18-15-30-24-6-5-22-19(25(24)31-18)2-1-9-27-22/h1-7,9,12-13,18,28H,8,10-11,14-15H2. The smallest absolute Gasteiger partial charge is 0.171 e. The second kappa shape index (κ2) is 7.39. The fraction of sp³-hybridized carbons (Fsp3) is 0.240. The van der Waals surface area contributed by atoms with Gasteiger partial charge in [0.05, 0.1) is 5.52 Å². The molecule has 2 aromatic heterocycles. The number of pyridine rings is 1. The highest BCUT2D eigenvalue weighted by Crippen LogP contribution is 2.38. The molecule has 0 aliphatic carbocycles. The lowest BCUT2D eigenvalue weighted by Gasteiger charge is -2.33. The van der Waals surface area contributed by atoms with E-state index in [1.807, 2.05) is 30.5 Å². The molecule has 1 atom stereocenters. The number of H-pyrrole nitrogens is 1. The Labute approximate surface area is 179 Å². The number of nitrogens with zero attached hydrogens (tertiary/aromatic N) is 2. The lowest BCUT2D eigenvalue weighted by molar-refractivity contribution is 0.0632. The van der Waals surface area contributed by atoms with Crippen LogP contribution in [0.5, 0.6) is 11.5 Å². The molecule has 0 spiro atoms. The first kappa shape index (κ1) is 18.4. The molecule has 0 bridgehead atoms. The molecule has 2 aliphatic heterocycles. The van der Waals surface area contributed by atoms with Gasteiger partial charge in [0.1, 0.15) is 18.5 Å². The lowest BCUT2D eigenvalue weighted by Crippen LogP contribution is -2.42. The Morgan fingerprint density at radius 2 is 2.13 bits per heavy atom. The van der Waals surface area contributed by atoms with E-state index in [1.165, 1.54) is 11.6 Å². The van der Waals surface area contributed by atoms with Gasteiger partial charge in [0.25, 0.3) is 0 Å². The topological polar surface area (TPSA) is 50.4 Å². The molecule has 31 heavy (non-hydrogen) atoms. The highest BCUT2D eigenvalue weighted by atomic mass is 19.1. The molecule has 156 valence electrons. The Morgan fingerprint density at radius 3 is 3.03 bits per heavy atom. The molecule has 6 heteroatoms. The number of hydrogen-bond donors (Lipinski definition) is 1.